The minimum Gasteiger partial charge on any atom is -0.337 e. The number of rotatable bonds is 7. The number of amides is 1. The Balaban J connectivity index is 1.82. The fraction of sp³-hybridized carbons (Fsp3) is 0.107. The lowest BCUT2D eigenvalue weighted by Gasteiger charge is -2.12. The summed E-state index contributed by atoms with van der Waals surface area (Å²) in [4.78, 5) is 25.1. The van der Waals surface area contributed by atoms with E-state index in [1.165, 1.54) is 0 Å². The molecule has 0 bridgehead atoms. The molecule has 0 radical (unpaired) electrons. The number of aromatic nitrogens is 2. The van der Waals surface area contributed by atoms with Crippen molar-refractivity contribution in [2.75, 3.05) is 0 Å². The smallest absolute Gasteiger partial charge is 0.272 e. The average molecular weight is 539 g/mol. The number of hydrogen-bond acceptors (Lipinski definition) is 3. The van der Waals surface area contributed by atoms with Gasteiger partial charge in [-0.25, -0.2) is 4.68 Å². The fourth-order valence-corrected chi connectivity index (χ4v) is 4.67. The van der Waals surface area contributed by atoms with Crippen LogP contribution in [0.2, 0.25) is 15.1 Å². The summed E-state index contributed by atoms with van der Waals surface area (Å²) in [6.07, 6.45) is 2.65. The summed E-state index contributed by atoms with van der Waals surface area (Å²) in [6.45, 7) is 3.73. The molecule has 0 aliphatic heterocycles. The summed E-state index contributed by atoms with van der Waals surface area (Å²) in [7, 11) is 0. The first-order valence-electron chi connectivity index (χ1n) is 11.1. The Morgan fingerprint density at radius 1 is 0.972 bits per heavy atom. The Hall–Kier alpha value is -3.38. The van der Waals surface area contributed by atoms with Crippen molar-refractivity contribution in [1.29, 1.82) is 0 Å². The van der Waals surface area contributed by atoms with E-state index in [0.717, 1.165) is 11.1 Å². The normalized spacial score (nSPS) is 12.3. The predicted octanol–water partition coefficient (Wildman–Crippen LogP) is 7.37. The zero-order valence-electron chi connectivity index (χ0n) is 19.5. The van der Waals surface area contributed by atoms with E-state index in [1.54, 1.807) is 41.1 Å². The minimum absolute atomic E-state index is 0.178. The lowest BCUT2D eigenvalue weighted by molar-refractivity contribution is -0.109. The molecule has 0 fully saturated rings. The maximum Gasteiger partial charge on any atom is 0.272 e. The Labute approximate surface area is 224 Å². The molecular formula is C28H22Cl3N3O2. The van der Waals surface area contributed by atoms with Crippen LogP contribution in [0, 0.1) is 6.92 Å². The standard InChI is InChI=1S/C28H22Cl3N3O2/c1-17(13-19-7-6-10-21(29)14-19)27-18(2)26(33-34(27)25-12-11-22(30)15-23(25)31)28(36)32-24(16-35)20-8-4-3-5-9-20/h3-16,24H,1-2H3,(H,32,36)/b17-13+. The van der Waals surface area contributed by atoms with Crippen LogP contribution < -0.4 is 5.32 Å². The van der Waals surface area contributed by atoms with E-state index in [1.807, 2.05) is 56.3 Å². The summed E-state index contributed by atoms with van der Waals surface area (Å²) < 4.78 is 1.62. The van der Waals surface area contributed by atoms with Gasteiger partial charge in [0.1, 0.15) is 12.3 Å². The Morgan fingerprint density at radius 2 is 1.69 bits per heavy atom. The van der Waals surface area contributed by atoms with Crippen LogP contribution in [-0.2, 0) is 4.79 Å². The monoisotopic (exact) mass is 537 g/mol. The van der Waals surface area contributed by atoms with Gasteiger partial charge in [-0.1, -0.05) is 77.3 Å². The van der Waals surface area contributed by atoms with Crippen LogP contribution in [0.3, 0.4) is 0 Å². The molecule has 1 amide bonds. The number of aldehydes is 1. The number of halogens is 3. The van der Waals surface area contributed by atoms with Crippen molar-refractivity contribution in [2.24, 2.45) is 0 Å². The topological polar surface area (TPSA) is 64.0 Å². The molecule has 1 unspecified atom stereocenters. The van der Waals surface area contributed by atoms with Crippen LogP contribution in [0.15, 0.2) is 72.8 Å². The van der Waals surface area contributed by atoms with Crippen LogP contribution in [0.5, 0.6) is 0 Å². The van der Waals surface area contributed by atoms with Gasteiger partial charge in [-0.2, -0.15) is 5.10 Å². The number of benzene rings is 3. The van der Waals surface area contributed by atoms with Gasteiger partial charge >= 0.3 is 0 Å². The summed E-state index contributed by atoms with van der Waals surface area (Å²) in [5.41, 5.74) is 4.46. The molecule has 0 aliphatic carbocycles. The summed E-state index contributed by atoms with van der Waals surface area (Å²) in [5, 5.41) is 8.88. The van der Waals surface area contributed by atoms with Crippen molar-refractivity contribution in [3.05, 3.63) is 116 Å². The van der Waals surface area contributed by atoms with E-state index in [4.69, 9.17) is 34.8 Å². The van der Waals surface area contributed by atoms with E-state index in [0.29, 0.717) is 43.9 Å². The second kappa shape index (κ2) is 11.1. The van der Waals surface area contributed by atoms with Gasteiger partial charge in [-0.3, -0.25) is 4.79 Å². The first-order chi connectivity index (χ1) is 17.3. The van der Waals surface area contributed by atoms with Crippen molar-refractivity contribution in [2.45, 2.75) is 19.9 Å². The van der Waals surface area contributed by atoms with Crippen molar-refractivity contribution in [3.8, 4) is 5.69 Å². The van der Waals surface area contributed by atoms with Gasteiger partial charge < -0.3 is 10.1 Å². The molecule has 5 nitrogen and oxygen atoms in total. The minimum atomic E-state index is -0.811. The largest absolute Gasteiger partial charge is 0.337 e. The summed E-state index contributed by atoms with van der Waals surface area (Å²) in [5.74, 6) is -0.478. The summed E-state index contributed by atoms with van der Waals surface area (Å²) in [6, 6.07) is 20.7. The van der Waals surface area contributed by atoms with Crippen molar-refractivity contribution in [1.82, 2.24) is 15.1 Å². The quantitative estimate of drug-likeness (QED) is 0.250. The molecule has 36 heavy (non-hydrogen) atoms. The zero-order valence-corrected chi connectivity index (χ0v) is 21.8. The predicted molar refractivity (Wildman–Crippen MR) is 146 cm³/mol. The van der Waals surface area contributed by atoms with Crippen molar-refractivity contribution in [3.63, 3.8) is 0 Å². The lowest BCUT2D eigenvalue weighted by Crippen LogP contribution is -2.30. The Morgan fingerprint density at radius 3 is 2.36 bits per heavy atom. The SMILES string of the molecule is C/C(=C\c1cccc(Cl)c1)c1c(C)c(C(=O)NC(C=O)c2ccccc2)nn1-c1ccc(Cl)cc1Cl. The second-order valence-corrected chi connectivity index (χ2v) is 9.49. The van der Waals surface area contributed by atoms with E-state index in [-0.39, 0.29) is 5.69 Å². The molecule has 4 rings (SSSR count). The number of nitrogens with one attached hydrogen (secondary N) is 1. The van der Waals surface area contributed by atoms with Crippen molar-refractivity contribution < 1.29 is 9.59 Å². The van der Waals surface area contributed by atoms with Gasteiger partial charge in [-0.05, 0) is 67.0 Å². The van der Waals surface area contributed by atoms with E-state index >= 15 is 0 Å². The molecule has 3 aromatic carbocycles. The van der Waals surface area contributed by atoms with E-state index in [2.05, 4.69) is 10.4 Å². The molecule has 1 N–H and O–H groups in total. The van der Waals surface area contributed by atoms with Gasteiger partial charge in [0.15, 0.2) is 5.69 Å². The molecule has 0 aliphatic rings. The third-order valence-corrected chi connectivity index (χ3v) is 6.43. The molecule has 0 spiro atoms. The molecular weight excluding hydrogens is 517 g/mol. The molecule has 4 aromatic rings. The highest BCUT2D eigenvalue weighted by Crippen LogP contribution is 2.31. The molecule has 0 saturated carbocycles. The Bertz CT molecular complexity index is 1460. The highest BCUT2D eigenvalue weighted by atomic mass is 35.5. The first-order valence-corrected chi connectivity index (χ1v) is 12.2. The second-order valence-electron chi connectivity index (χ2n) is 8.21. The lowest BCUT2D eigenvalue weighted by atomic mass is 10.0. The zero-order chi connectivity index (χ0) is 25.8. The van der Waals surface area contributed by atoms with Gasteiger partial charge in [0, 0.05) is 15.6 Å². The fourth-order valence-electron chi connectivity index (χ4n) is 3.98. The third-order valence-electron chi connectivity index (χ3n) is 5.66. The number of hydrogen-bond donors (Lipinski definition) is 1. The number of carbonyl (C=O) groups is 2. The number of carbonyl (C=O) groups excluding carboxylic acids is 2. The van der Waals surface area contributed by atoms with E-state index in [9.17, 15) is 9.59 Å². The van der Waals surface area contributed by atoms with Gasteiger partial charge in [0.05, 0.1) is 16.4 Å². The Kier molecular flexibility index (Phi) is 7.94. The van der Waals surface area contributed by atoms with Gasteiger partial charge in [0.2, 0.25) is 0 Å². The van der Waals surface area contributed by atoms with Crippen LogP contribution >= 0.6 is 34.8 Å². The maximum atomic E-state index is 13.3. The van der Waals surface area contributed by atoms with Crippen molar-refractivity contribution >= 4 is 58.6 Å². The first kappa shape index (κ1) is 25.7. The van der Waals surface area contributed by atoms with Gasteiger partial charge in [0.25, 0.3) is 5.91 Å². The van der Waals surface area contributed by atoms with E-state index < -0.39 is 11.9 Å². The molecule has 0 saturated heterocycles. The highest BCUT2D eigenvalue weighted by molar-refractivity contribution is 6.35. The third kappa shape index (κ3) is 5.54. The van der Waals surface area contributed by atoms with Crippen LogP contribution in [0.4, 0.5) is 0 Å². The molecule has 1 aromatic heterocycles. The number of nitrogens with zero attached hydrogens (tertiary/aromatic N) is 2. The molecule has 182 valence electrons. The van der Waals surface area contributed by atoms with Crippen LogP contribution in [-0.4, -0.2) is 22.0 Å². The molecule has 8 heteroatoms. The highest BCUT2D eigenvalue weighted by Gasteiger charge is 2.25. The maximum absolute atomic E-state index is 13.3. The molecule has 1 heterocycles. The average Bonchev–Trinajstić information content (AvgIpc) is 3.20. The van der Waals surface area contributed by atoms with Gasteiger partial charge in [-0.15, -0.1) is 0 Å². The van der Waals surface area contributed by atoms with Crippen LogP contribution in [0.25, 0.3) is 17.3 Å². The molecule has 1 atom stereocenters. The van der Waals surface area contributed by atoms with Crippen LogP contribution in [0.1, 0.15) is 45.8 Å². The summed E-state index contributed by atoms with van der Waals surface area (Å²) >= 11 is 18.8. The number of allylic oxidation sites excluding steroid dienone is 1.